The van der Waals surface area contributed by atoms with Gasteiger partial charge in [-0.15, -0.1) is 0 Å². The molecule has 4 nitrogen and oxygen atoms in total. The zero-order chi connectivity index (χ0) is 33.6. The lowest BCUT2D eigenvalue weighted by Crippen LogP contribution is -2.50. The lowest BCUT2D eigenvalue weighted by Gasteiger charge is -2.19. The van der Waals surface area contributed by atoms with E-state index in [1.807, 2.05) is 0 Å². The smallest absolute Gasteiger partial charge is 0.159 e. The summed E-state index contributed by atoms with van der Waals surface area (Å²) in [5, 5.41) is 6.37. The number of aromatic nitrogens is 4. The molecule has 6 aromatic carbocycles. The summed E-state index contributed by atoms with van der Waals surface area (Å²) >= 11 is 0. The van der Waals surface area contributed by atoms with Gasteiger partial charge in [0, 0.05) is 55.2 Å². The first-order valence-corrected chi connectivity index (χ1v) is 20.3. The van der Waals surface area contributed by atoms with Crippen molar-refractivity contribution in [1.29, 1.82) is 0 Å². The van der Waals surface area contributed by atoms with E-state index in [2.05, 4.69) is 181 Å². The summed E-state index contributed by atoms with van der Waals surface area (Å²) in [6.07, 6.45) is 0. The summed E-state index contributed by atoms with van der Waals surface area (Å²) in [5.74, 6) is 0.769. The first-order valence-electron chi connectivity index (χ1n) is 17.3. The number of aryl methyl sites for hydroxylation is 1. The second-order valence-corrected chi connectivity index (χ2v) is 18.2. The number of hydrogen-bond donors (Lipinski definition) is 0. The Kier molecular flexibility index (Phi) is 6.21. The van der Waals surface area contributed by atoms with E-state index >= 15 is 0 Å². The Balaban J connectivity index is 1.21. The molecule has 3 aromatic heterocycles. The molecule has 238 valence electrons. The van der Waals surface area contributed by atoms with Crippen molar-refractivity contribution in [3.05, 3.63) is 157 Å². The van der Waals surface area contributed by atoms with E-state index in [1.165, 1.54) is 60.0 Å². The maximum atomic E-state index is 5.50. The van der Waals surface area contributed by atoms with Crippen LogP contribution in [0.1, 0.15) is 5.69 Å². The van der Waals surface area contributed by atoms with Crippen molar-refractivity contribution in [2.75, 3.05) is 0 Å². The van der Waals surface area contributed by atoms with E-state index in [9.17, 15) is 0 Å². The summed E-state index contributed by atoms with van der Waals surface area (Å²) in [6.45, 7) is 7.03. The minimum atomic E-state index is -2.12. The van der Waals surface area contributed by atoms with Crippen LogP contribution in [0, 0.1) is 6.92 Å². The summed E-state index contributed by atoms with van der Waals surface area (Å²) < 4.78 is 4.72. The van der Waals surface area contributed by atoms with Crippen LogP contribution in [-0.2, 0) is 0 Å². The number of benzene rings is 6. The molecule has 0 atom stereocenters. The predicted octanol–water partition coefficient (Wildman–Crippen LogP) is 9.96. The van der Waals surface area contributed by atoms with Gasteiger partial charge in [0.1, 0.15) is 8.07 Å². The molecule has 0 saturated heterocycles. The minimum absolute atomic E-state index is 0.769. The fourth-order valence-corrected chi connectivity index (χ4v) is 11.2. The van der Waals surface area contributed by atoms with Crippen molar-refractivity contribution in [2.45, 2.75) is 20.0 Å². The van der Waals surface area contributed by atoms with E-state index in [0.717, 1.165) is 34.0 Å². The standard InChI is InChI=1S/C45H34N4Si/c1-29-26-30-14-4-8-22-38(30)48(29)33-17-13-16-32(28-33)44-46-43(42-37-21-7-11-25-41(37)50(2,3)45(42)47-44)31-15-12-18-34(27-31)49-39-23-9-5-19-35(39)36-20-6-10-24-40(36)49/h4-28H,1-3H3. The molecule has 0 fully saturated rings. The highest BCUT2D eigenvalue weighted by Crippen LogP contribution is 2.38. The van der Waals surface area contributed by atoms with E-state index < -0.39 is 8.07 Å². The highest BCUT2D eigenvalue weighted by molar-refractivity contribution is 7.03. The van der Waals surface area contributed by atoms with Gasteiger partial charge in [0.25, 0.3) is 0 Å². The molecule has 5 heteroatoms. The molecule has 0 amide bonds. The summed E-state index contributed by atoms with van der Waals surface area (Å²) in [7, 11) is -2.12. The van der Waals surface area contributed by atoms with Crippen LogP contribution in [0.5, 0.6) is 0 Å². The van der Waals surface area contributed by atoms with Crippen LogP contribution < -0.4 is 10.5 Å². The summed E-state index contributed by atoms with van der Waals surface area (Å²) in [5.41, 5.74) is 12.6. The van der Waals surface area contributed by atoms with Gasteiger partial charge >= 0.3 is 0 Å². The molecule has 0 bridgehead atoms. The maximum absolute atomic E-state index is 5.50. The Hall–Kier alpha value is -6.04. The monoisotopic (exact) mass is 658 g/mol. The molecule has 50 heavy (non-hydrogen) atoms. The third-order valence-corrected chi connectivity index (χ3v) is 13.9. The van der Waals surface area contributed by atoms with Gasteiger partial charge in [-0.05, 0) is 66.2 Å². The van der Waals surface area contributed by atoms with Crippen LogP contribution in [0.4, 0.5) is 0 Å². The molecule has 0 N–H and O–H groups in total. The number of para-hydroxylation sites is 3. The molecule has 9 aromatic rings. The van der Waals surface area contributed by atoms with Crippen molar-refractivity contribution < 1.29 is 0 Å². The second kappa shape index (κ2) is 10.7. The SMILES string of the molecule is Cc1cc2ccccc2n1-c1cccc(-c2nc(-c3cccc(-n4c5ccccc5c5ccccc54)c3)c3c(n2)[Si](C)(C)c2ccccc2-3)c1. The minimum Gasteiger partial charge on any atom is -0.314 e. The van der Waals surface area contributed by atoms with Gasteiger partial charge in [-0.1, -0.05) is 116 Å². The molecular weight excluding hydrogens is 625 g/mol. The van der Waals surface area contributed by atoms with Crippen molar-refractivity contribution in [1.82, 2.24) is 19.1 Å². The van der Waals surface area contributed by atoms with Crippen LogP contribution >= 0.6 is 0 Å². The zero-order valence-electron chi connectivity index (χ0n) is 28.2. The first kappa shape index (κ1) is 28.9. The molecule has 10 rings (SSSR count). The Bertz CT molecular complexity index is 2770. The van der Waals surface area contributed by atoms with E-state index in [1.54, 1.807) is 0 Å². The highest BCUT2D eigenvalue weighted by Gasteiger charge is 2.41. The first-order chi connectivity index (χ1) is 24.5. The lowest BCUT2D eigenvalue weighted by molar-refractivity contribution is 1.05. The molecule has 0 radical (unpaired) electrons. The number of nitrogens with zero attached hydrogens (tertiary/aromatic N) is 4. The van der Waals surface area contributed by atoms with Gasteiger partial charge in [0.2, 0.25) is 0 Å². The molecule has 0 saturated carbocycles. The zero-order valence-corrected chi connectivity index (χ0v) is 29.2. The van der Waals surface area contributed by atoms with Crippen molar-refractivity contribution in [3.63, 3.8) is 0 Å². The normalized spacial score (nSPS) is 13.3. The van der Waals surface area contributed by atoms with Gasteiger partial charge in [0.05, 0.1) is 22.2 Å². The third-order valence-electron chi connectivity index (χ3n) is 10.6. The fraction of sp³-hybridized carbons (Fsp3) is 0.0667. The molecule has 0 aliphatic carbocycles. The van der Waals surface area contributed by atoms with Crippen LogP contribution in [0.15, 0.2) is 152 Å². The molecule has 0 spiro atoms. The topological polar surface area (TPSA) is 35.6 Å². The lowest BCUT2D eigenvalue weighted by atomic mass is 10.00. The van der Waals surface area contributed by atoms with Crippen LogP contribution in [0.3, 0.4) is 0 Å². The number of hydrogen-bond acceptors (Lipinski definition) is 2. The molecule has 4 heterocycles. The quantitative estimate of drug-likeness (QED) is 0.177. The summed E-state index contributed by atoms with van der Waals surface area (Å²) in [6, 6.07) is 54.7. The van der Waals surface area contributed by atoms with Crippen molar-refractivity contribution in [3.8, 4) is 45.1 Å². The van der Waals surface area contributed by atoms with Crippen molar-refractivity contribution >= 4 is 51.3 Å². The third kappa shape index (κ3) is 4.17. The van der Waals surface area contributed by atoms with Gasteiger partial charge in [-0.3, -0.25) is 0 Å². The van der Waals surface area contributed by atoms with Crippen molar-refractivity contribution in [2.24, 2.45) is 0 Å². The van der Waals surface area contributed by atoms with Gasteiger partial charge in [-0.25, -0.2) is 9.97 Å². The van der Waals surface area contributed by atoms with Gasteiger partial charge in [-0.2, -0.15) is 0 Å². The van der Waals surface area contributed by atoms with E-state index in [0.29, 0.717) is 0 Å². The molecule has 1 aliphatic heterocycles. The largest absolute Gasteiger partial charge is 0.314 e. The van der Waals surface area contributed by atoms with E-state index in [4.69, 9.17) is 9.97 Å². The van der Waals surface area contributed by atoms with Crippen LogP contribution in [-0.4, -0.2) is 27.2 Å². The predicted molar refractivity (Wildman–Crippen MR) is 211 cm³/mol. The fourth-order valence-electron chi connectivity index (χ4n) is 8.29. The van der Waals surface area contributed by atoms with E-state index in [-0.39, 0.29) is 0 Å². The van der Waals surface area contributed by atoms with Crippen LogP contribution in [0.2, 0.25) is 13.1 Å². The number of rotatable bonds is 4. The Morgan fingerprint density at radius 2 is 1.12 bits per heavy atom. The molecular formula is C45H34N4Si. The maximum Gasteiger partial charge on any atom is 0.159 e. The number of fused-ring (bicyclic) bond motifs is 7. The summed E-state index contributed by atoms with van der Waals surface area (Å²) in [4.78, 5) is 11.0. The second-order valence-electron chi connectivity index (χ2n) is 13.9. The highest BCUT2D eigenvalue weighted by atomic mass is 28.3. The Labute approximate surface area is 292 Å². The molecule has 1 aliphatic rings. The average Bonchev–Trinajstić information content (AvgIpc) is 3.76. The average molecular weight is 659 g/mol. The van der Waals surface area contributed by atoms with Gasteiger partial charge in [0.15, 0.2) is 5.82 Å². The van der Waals surface area contributed by atoms with Gasteiger partial charge < -0.3 is 9.13 Å². The Morgan fingerprint density at radius 1 is 0.520 bits per heavy atom. The Morgan fingerprint density at radius 3 is 1.88 bits per heavy atom. The van der Waals surface area contributed by atoms with Crippen LogP contribution in [0.25, 0.3) is 77.9 Å². The molecule has 0 unspecified atom stereocenters.